The standard InChI is InChI=1S/C12H12ClN5O5S/c1-7-14-10(18(20)12(15-7)23-2)16-11(19)17-24(21,22)9-6-4-3-5-8(9)13/h3-6,20H,1-2H3,(H,17,19). The van der Waals surface area contributed by atoms with Crippen LogP contribution < -0.4 is 15.1 Å². The second kappa shape index (κ2) is 6.84. The lowest BCUT2D eigenvalue weighted by molar-refractivity contribution is 0.125. The number of benzene rings is 1. The molecular formula is C12H12ClN5O5S. The van der Waals surface area contributed by atoms with Gasteiger partial charge in [-0.25, -0.2) is 17.9 Å². The zero-order valence-corrected chi connectivity index (χ0v) is 14.0. The Labute approximate surface area is 141 Å². The maximum absolute atomic E-state index is 12.1. The van der Waals surface area contributed by atoms with Gasteiger partial charge in [0.15, 0.2) is 0 Å². The van der Waals surface area contributed by atoms with Gasteiger partial charge in [0.05, 0.1) is 12.1 Å². The third kappa shape index (κ3) is 3.81. The topological polar surface area (TPSA) is 136 Å². The maximum Gasteiger partial charge on any atom is 0.358 e. The molecule has 2 amide bonds. The maximum atomic E-state index is 12.1. The van der Waals surface area contributed by atoms with Crippen LogP contribution in [0.15, 0.2) is 34.2 Å². The molecule has 128 valence electrons. The van der Waals surface area contributed by atoms with Gasteiger partial charge < -0.3 is 9.94 Å². The summed E-state index contributed by atoms with van der Waals surface area (Å²) in [5.74, 6) is 0.151. The first-order chi connectivity index (χ1) is 11.2. The van der Waals surface area contributed by atoms with Gasteiger partial charge in [-0.1, -0.05) is 28.5 Å². The molecule has 0 unspecified atom stereocenters. The number of aromatic nitrogens is 3. The number of urea groups is 1. The van der Waals surface area contributed by atoms with E-state index in [1.807, 2.05) is 0 Å². The number of hydrogen-bond acceptors (Lipinski definition) is 7. The van der Waals surface area contributed by atoms with Gasteiger partial charge in [0.25, 0.3) is 15.6 Å². The first kappa shape index (κ1) is 17.7. The lowest BCUT2D eigenvalue weighted by Crippen LogP contribution is -2.33. The molecule has 0 radical (unpaired) electrons. The van der Waals surface area contributed by atoms with Crippen LogP contribution in [0.3, 0.4) is 0 Å². The second-order valence-electron chi connectivity index (χ2n) is 4.32. The van der Waals surface area contributed by atoms with Crippen molar-refractivity contribution < 1.29 is 23.2 Å². The van der Waals surface area contributed by atoms with Crippen LogP contribution >= 0.6 is 11.6 Å². The molecule has 2 aromatic rings. The highest BCUT2D eigenvalue weighted by atomic mass is 35.5. The number of methoxy groups -OCH3 is 1. The van der Waals surface area contributed by atoms with Crippen molar-refractivity contribution in [3.8, 4) is 6.01 Å². The Morgan fingerprint density at radius 1 is 1.38 bits per heavy atom. The van der Waals surface area contributed by atoms with Gasteiger partial charge in [0.2, 0.25) is 0 Å². The van der Waals surface area contributed by atoms with Crippen LogP contribution in [0.25, 0.3) is 0 Å². The average molecular weight is 374 g/mol. The third-order valence-electron chi connectivity index (χ3n) is 2.62. The SMILES string of the molecule is COc1nc(C)nc(=NC(=O)NS(=O)(=O)c2ccccc2Cl)n1O. The fourth-order valence-corrected chi connectivity index (χ4v) is 3.05. The monoisotopic (exact) mass is 373 g/mol. The molecule has 0 spiro atoms. The van der Waals surface area contributed by atoms with E-state index in [1.165, 1.54) is 38.3 Å². The molecule has 1 heterocycles. The smallest absolute Gasteiger partial charge is 0.358 e. The summed E-state index contributed by atoms with van der Waals surface area (Å²) in [6, 6.07) is 4.02. The minimum atomic E-state index is -4.24. The number of carbonyl (C=O) groups excluding carboxylic acids is 1. The summed E-state index contributed by atoms with van der Waals surface area (Å²) in [5.41, 5.74) is -0.508. The predicted molar refractivity (Wildman–Crippen MR) is 81.2 cm³/mol. The van der Waals surface area contributed by atoms with Crippen LogP contribution in [0.5, 0.6) is 6.01 Å². The predicted octanol–water partition coefficient (Wildman–Crippen LogP) is 0.485. The quantitative estimate of drug-likeness (QED) is 0.747. The van der Waals surface area contributed by atoms with Gasteiger partial charge in [0, 0.05) is 0 Å². The minimum Gasteiger partial charge on any atom is -0.466 e. The van der Waals surface area contributed by atoms with Gasteiger partial charge >= 0.3 is 12.0 Å². The summed E-state index contributed by atoms with van der Waals surface area (Å²) in [6.45, 7) is 1.47. The van der Waals surface area contributed by atoms with Crippen LogP contribution in [0.2, 0.25) is 5.02 Å². The van der Waals surface area contributed by atoms with Crippen LogP contribution in [0.4, 0.5) is 4.79 Å². The molecule has 0 fully saturated rings. The molecule has 0 aliphatic carbocycles. The lowest BCUT2D eigenvalue weighted by atomic mass is 10.4. The molecule has 1 aromatic heterocycles. The Bertz CT molecular complexity index is 957. The van der Waals surface area contributed by atoms with Crippen molar-refractivity contribution in [2.24, 2.45) is 4.99 Å². The van der Waals surface area contributed by atoms with Crippen molar-refractivity contribution in [1.29, 1.82) is 0 Å². The number of carbonyl (C=O) groups is 1. The number of nitrogens with one attached hydrogen (secondary N) is 1. The van der Waals surface area contributed by atoms with E-state index in [2.05, 4.69) is 15.0 Å². The molecule has 0 saturated carbocycles. The third-order valence-corrected chi connectivity index (χ3v) is 4.44. The van der Waals surface area contributed by atoms with Gasteiger partial charge in [-0.3, -0.25) is 0 Å². The Hall–Kier alpha value is -2.66. The first-order valence-electron chi connectivity index (χ1n) is 6.31. The van der Waals surface area contributed by atoms with Crippen LogP contribution in [-0.2, 0) is 10.0 Å². The number of aryl methyl sites for hydroxylation is 1. The van der Waals surface area contributed by atoms with E-state index >= 15 is 0 Å². The Kier molecular flexibility index (Phi) is 5.04. The van der Waals surface area contributed by atoms with Crippen LogP contribution in [0, 0.1) is 6.92 Å². The lowest BCUT2D eigenvalue weighted by Gasteiger charge is -2.07. The second-order valence-corrected chi connectivity index (χ2v) is 6.38. The Morgan fingerprint density at radius 3 is 2.67 bits per heavy atom. The van der Waals surface area contributed by atoms with Crippen LogP contribution in [0.1, 0.15) is 5.82 Å². The fraction of sp³-hybridized carbons (Fsp3) is 0.167. The molecule has 2 rings (SSSR count). The molecule has 2 N–H and O–H groups in total. The number of nitrogens with zero attached hydrogens (tertiary/aromatic N) is 4. The normalized spacial score (nSPS) is 12.0. The summed E-state index contributed by atoms with van der Waals surface area (Å²) in [7, 11) is -3.00. The highest BCUT2D eigenvalue weighted by Gasteiger charge is 2.20. The molecule has 0 atom stereocenters. The number of sulfonamides is 1. The number of halogens is 1. The zero-order chi connectivity index (χ0) is 17.9. The summed E-state index contributed by atoms with van der Waals surface area (Å²) in [4.78, 5) is 22.4. The summed E-state index contributed by atoms with van der Waals surface area (Å²) in [5, 5.41) is 9.68. The van der Waals surface area contributed by atoms with E-state index < -0.39 is 21.7 Å². The molecule has 1 aromatic carbocycles. The van der Waals surface area contributed by atoms with E-state index in [0.29, 0.717) is 4.73 Å². The largest absolute Gasteiger partial charge is 0.466 e. The number of ether oxygens (including phenoxy) is 1. The summed E-state index contributed by atoms with van der Waals surface area (Å²) in [6.07, 6.45) is 0. The van der Waals surface area contributed by atoms with Crippen molar-refractivity contribution in [2.45, 2.75) is 11.8 Å². The summed E-state index contributed by atoms with van der Waals surface area (Å²) < 4.78 is 31.0. The highest BCUT2D eigenvalue weighted by molar-refractivity contribution is 7.90. The van der Waals surface area contributed by atoms with Gasteiger partial charge in [0.1, 0.15) is 10.7 Å². The number of hydrogen-bond donors (Lipinski definition) is 2. The van der Waals surface area contributed by atoms with Gasteiger partial charge in [-0.05, 0) is 19.1 Å². The molecule has 0 bridgehead atoms. The van der Waals surface area contributed by atoms with E-state index in [-0.39, 0.29) is 21.8 Å². The van der Waals surface area contributed by atoms with Gasteiger partial charge in [-0.2, -0.15) is 15.0 Å². The molecule has 10 nitrogen and oxygen atoms in total. The Morgan fingerprint density at radius 2 is 2.04 bits per heavy atom. The Balaban J connectivity index is 2.38. The van der Waals surface area contributed by atoms with Gasteiger partial charge in [-0.15, -0.1) is 0 Å². The summed E-state index contributed by atoms with van der Waals surface area (Å²) >= 11 is 5.80. The van der Waals surface area contributed by atoms with Crippen molar-refractivity contribution in [2.75, 3.05) is 7.11 Å². The van der Waals surface area contributed by atoms with Crippen molar-refractivity contribution in [1.82, 2.24) is 19.4 Å². The van der Waals surface area contributed by atoms with Crippen molar-refractivity contribution in [3.05, 3.63) is 40.7 Å². The van der Waals surface area contributed by atoms with E-state index in [4.69, 9.17) is 16.3 Å². The first-order valence-corrected chi connectivity index (χ1v) is 8.17. The van der Waals surface area contributed by atoms with E-state index in [0.717, 1.165) is 0 Å². The van der Waals surface area contributed by atoms with Crippen molar-refractivity contribution in [3.63, 3.8) is 0 Å². The molecule has 12 heteroatoms. The number of rotatable bonds is 3. The zero-order valence-electron chi connectivity index (χ0n) is 12.5. The van der Waals surface area contributed by atoms with Crippen LogP contribution in [-0.4, -0.2) is 41.5 Å². The molecule has 0 aliphatic heterocycles. The minimum absolute atomic E-state index is 0.0606. The average Bonchev–Trinajstić information content (AvgIpc) is 2.50. The van der Waals surface area contributed by atoms with Crippen molar-refractivity contribution >= 4 is 27.7 Å². The van der Waals surface area contributed by atoms with E-state index in [9.17, 15) is 18.4 Å². The van der Waals surface area contributed by atoms with E-state index in [1.54, 1.807) is 4.72 Å². The molecule has 0 aliphatic rings. The molecular weight excluding hydrogens is 362 g/mol. The number of amides is 2. The molecule has 24 heavy (non-hydrogen) atoms. The highest BCUT2D eigenvalue weighted by Crippen LogP contribution is 2.20. The molecule has 0 saturated heterocycles. The fourth-order valence-electron chi connectivity index (χ4n) is 1.64.